The summed E-state index contributed by atoms with van der Waals surface area (Å²) in [5.41, 5.74) is 0.526. The molecule has 7 nitrogen and oxygen atoms in total. The van der Waals surface area contributed by atoms with Gasteiger partial charge in [0.1, 0.15) is 29.8 Å². The molecule has 0 amide bonds. The number of alkyl halides is 3. The van der Waals surface area contributed by atoms with Crippen LogP contribution in [0.15, 0.2) is 41.8 Å². The van der Waals surface area contributed by atoms with E-state index in [0.29, 0.717) is 5.69 Å². The number of nitrogens with zero attached hydrogens (tertiary/aromatic N) is 5. The van der Waals surface area contributed by atoms with Crippen molar-refractivity contribution in [2.45, 2.75) is 12.8 Å². The minimum Gasteiger partial charge on any atom is -0.487 e. The third-order valence-electron chi connectivity index (χ3n) is 4.25. The van der Waals surface area contributed by atoms with Gasteiger partial charge in [-0.15, -0.1) is 16.4 Å². The summed E-state index contributed by atoms with van der Waals surface area (Å²) < 4.78 is 47.4. The van der Waals surface area contributed by atoms with E-state index in [2.05, 4.69) is 20.5 Å². The Morgan fingerprint density at radius 1 is 1.23 bits per heavy atom. The van der Waals surface area contributed by atoms with E-state index in [1.807, 2.05) is 23.6 Å². The fraction of sp³-hybridized carbons (Fsp3) is 0.158. The SMILES string of the molecule is Cn1nc(COc2cc(-c3n[nH]nc3C#N)cc(C(F)(F)F)c2)cc1-c1cccs1. The van der Waals surface area contributed by atoms with Crippen molar-refractivity contribution in [3.63, 3.8) is 0 Å². The van der Waals surface area contributed by atoms with Crippen molar-refractivity contribution in [3.8, 4) is 33.6 Å². The Labute approximate surface area is 172 Å². The highest BCUT2D eigenvalue weighted by molar-refractivity contribution is 7.13. The Morgan fingerprint density at radius 2 is 2.07 bits per heavy atom. The molecule has 30 heavy (non-hydrogen) atoms. The number of aromatic amines is 1. The summed E-state index contributed by atoms with van der Waals surface area (Å²) in [6.07, 6.45) is -4.60. The first kappa shape index (κ1) is 19.7. The van der Waals surface area contributed by atoms with Crippen molar-refractivity contribution < 1.29 is 17.9 Å². The van der Waals surface area contributed by atoms with Gasteiger partial charge in [-0.05, 0) is 35.7 Å². The Morgan fingerprint density at radius 3 is 2.77 bits per heavy atom. The summed E-state index contributed by atoms with van der Waals surface area (Å²) in [4.78, 5) is 1.02. The lowest BCUT2D eigenvalue weighted by molar-refractivity contribution is -0.137. The molecule has 4 aromatic rings. The molecule has 0 aliphatic rings. The number of halogens is 3. The van der Waals surface area contributed by atoms with Crippen molar-refractivity contribution in [2.24, 2.45) is 7.05 Å². The van der Waals surface area contributed by atoms with Crippen LogP contribution in [0.5, 0.6) is 5.75 Å². The van der Waals surface area contributed by atoms with Gasteiger partial charge < -0.3 is 4.74 Å². The normalized spacial score (nSPS) is 11.4. The van der Waals surface area contributed by atoms with E-state index >= 15 is 0 Å². The van der Waals surface area contributed by atoms with Gasteiger partial charge in [-0.25, -0.2) is 0 Å². The first-order valence-corrected chi connectivity index (χ1v) is 9.46. The molecule has 0 radical (unpaired) electrons. The summed E-state index contributed by atoms with van der Waals surface area (Å²) in [6, 6.07) is 10.7. The fourth-order valence-electron chi connectivity index (χ4n) is 2.90. The minimum atomic E-state index is -4.60. The molecule has 0 spiro atoms. The Bertz CT molecular complexity index is 1220. The molecular formula is C19H13F3N6OS. The van der Waals surface area contributed by atoms with Crippen LogP contribution in [0.4, 0.5) is 13.2 Å². The summed E-state index contributed by atoms with van der Waals surface area (Å²) in [6.45, 7) is -0.0239. The molecule has 0 aliphatic carbocycles. The van der Waals surface area contributed by atoms with E-state index in [-0.39, 0.29) is 29.3 Å². The zero-order chi connectivity index (χ0) is 21.3. The van der Waals surface area contributed by atoms with E-state index in [4.69, 9.17) is 10.00 Å². The van der Waals surface area contributed by atoms with Gasteiger partial charge in [0.05, 0.1) is 16.1 Å². The number of H-pyrrole nitrogens is 1. The van der Waals surface area contributed by atoms with Gasteiger partial charge in [-0.1, -0.05) is 6.07 Å². The van der Waals surface area contributed by atoms with Crippen LogP contribution in [0.1, 0.15) is 17.0 Å². The number of nitriles is 1. The van der Waals surface area contributed by atoms with Crippen molar-refractivity contribution in [1.29, 1.82) is 5.26 Å². The maximum Gasteiger partial charge on any atom is 0.416 e. The largest absolute Gasteiger partial charge is 0.487 e. The zero-order valence-electron chi connectivity index (χ0n) is 15.4. The van der Waals surface area contributed by atoms with Crippen LogP contribution >= 0.6 is 11.3 Å². The lowest BCUT2D eigenvalue weighted by Gasteiger charge is -2.12. The van der Waals surface area contributed by atoms with E-state index < -0.39 is 11.7 Å². The molecular weight excluding hydrogens is 417 g/mol. The zero-order valence-corrected chi connectivity index (χ0v) is 16.3. The molecule has 0 unspecified atom stereocenters. The number of ether oxygens (including phenoxy) is 1. The van der Waals surface area contributed by atoms with Crippen LogP contribution in [-0.4, -0.2) is 25.2 Å². The highest BCUT2D eigenvalue weighted by Crippen LogP contribution is 2.36. The molecule has 11 heteroatoms. The number of thiophene rings is 1. The monoisotopic (exact) mass is 430 g/mol. The van der Waals surface area contributed by atoms with E-state index in [1.165, 1.54) is 6.07 Å². The third kappa shape index (κ3) is 3.90. The molecule has 152 valence electrons. The van der Waals surface area contributed by atoms with Gasteiger partial charge in [0, 0.05) is 12.6 Å². The molecule has 0 aliphatic heterocycles. The molecule has 3 aromatic heterocycles. The number of nitrogens with one attached hydrogen (secondary N) is 1. The van der Waals surface area contributed by atoms with Gasteiger partial charge in [-0.2, -0.15) is 33.8 Å². The molecule has 1 aromatic carbocycles. The second kappa shape index (κ2) is 7.64. The minimum absolute atomic E-state index is 0.0185. The van der Waals surface area contributed by atoms with Crippen molar-refractivity contribution in [1.82, 2.24) is 25.2 Å². The number of hydrogen-bond donors (Lipinski definition) is 1. The fourth-order valence-corrected chi connectivity index (χ4v) is 3.67. The van der Waals surface area contributed by atoms with E-state index in [9.17, 15) is 13.2 Å². The first-order valence-electron chi connectivity index (χ1n) is 8.58. The molecule has 0 fully saturated rings. The second-order valence-electron chi connectivity index (χ2n) is 6.29. The van der Waals surface area contributed by atoms with Gasteiger partial charge in [0.2, 0.25) is 0 Å². The average Bonchev–Trinajstić information content (AvgIpc) is 3.45. The molecule has 0 saturated heterocycles. The molecule has 0 saturated carbocycles. The highest BCUT2D eigenvalue weighted by atomic mass is 32.1. The third-order valence-corrected chi connectivity index (χ3v) is 5.14. The lowest BCUT2D eigenvalue weighted by atomic mass is 10.1. The summed E-state index contributed by atoms with van der Waals surface area (Å²) in [5, 5.41) is 25.1. The molecule has 1 N–H and O–H groups in total. The first-order chi connectivity index (χ1) is 14.3. The topological polar surface area (TPSA) is 92.4 Å². The molecule has 4 rings (SSSR count). The van der Waals surface area contributed by atoms with Crippen LogP contribution < -0.4 is 4.74 Å². The maximum absolute atomic E-state index is 13.4. The van der Waals surface area contributed by atoms with Gasteiger partial charge in [-0.3, -0.25) is 4.68 Å². The average molecular weight is 430 g/mol. The van der Waals surface area contributed by atoms with E-state index in [0.717, 1.165) is 22.7 Å². The van der Waals surface area contributed by atoms with Crippen LogP contribution in [0.2, 0.25) is 0 Å². The maximum atomic E-state index is 13.4. The van der Waals surface area contributed by atoms with Crippen LogP contribution in [-0.2, 0) is 19.8 Å². The number of hydrogen-bond acceptors (Lipinski definition) is 6. The lowest BCUT2D eigenvalue weighted by Crippen LogP contribution is -2.06. The summed E-state index contributed by atoms with van der Waals surface area (Å²) >= 11 is 1.56. The van der Waals surface area contributed by atoms with Crippen LogP contribution in [0, 0.1) is 11.3 Å². The smallest absolute Gasteiger partial charge is 0.416 e. The highest BCUT2D eigenvalue weighted by Gasteiger charge is 2.32. The summed E-state index contributed by atoms with van der Waals surface area (Å²) in [5.74, 6) is -0.0185. The molecule has 0 bridgehead atoms. The van der Waals surface area contributed by atoms with Crippen molar-refractivity contribution >= 4 is 11.3 Å². The number of aromatic nitrogens is 5. The van der Waals surface area contributed by atoms with Gasteiger partial charge in [0.15, 0.2) is 5.69 Å². The Hall–Kier alpha value is -3.65. The number of rotatable bonds is 5. The number of benzene rings is 1. The van der Waals surface area contributed by atoms with Crippen molar-refractivity contribution in [2.75, 3.05) is 0 Å². The summed E-state index contributed by atoms with van der Waals surface area (Å²) in [7, 11) is 1.79. The van der Waals surface area contributed by atoms with Crippen LogP contribution in [0.3, 0.4) is 0 Å². The van der Waals surface area contributed by atoms with Gasteiger partial charge >= 0.3 is 6.18 Å². The van der Waals surface area contributed by atoms with Crippen molar-refractivity contribution in [3.05, 3.63) is 58.7 Å². The molecule has 0 atom stereocenters. The Balaban J connectivity index is 1.64. The quantitative estimate of drug-likeness (QED) is 0.507. The predicted octanol–water partition coefficient (Wildman–Crippen LogP) is 4.40. The second-order valence-corrected chi connectivity index (χ2v) is 7.23. The predicted molar refractivity (Wildman–Crippen MR) is 102 cm³/mol. The Kier molecular flexibility index (Phi) is 5.01. The van der Waals surface area contributed by atoms with E-state index in [1.54, 1.807) is 29.1 Å². The van der Waals surface area contributed by atoms with Gasteiger partial charge in [0.25, 0.3) is 0 Å². The standard InChI is InChI=1S/C19H13F3N6OS/c1-28-16(17-3-2-4-30-17)8-13(26-28)10-29-14-6-11(5-12(7-14)19(20,21)22)18-15(9-23)24-27-25-18/h2-8H,10H2,1H3,(H,24,25,27). The van der Waals surface area contributed by atoms with Crippen LogP contribution in [0.25, 0.3) is 21.8 Å². The number of aryl methyl sites for hydroxylation is 1. The molecule has 3 heterocycles.